The molecule has 3 heteroatoms. The number of aryl methyl sites for hydroxylation is 2. The highest BCUT2D eigenvalue weighted by Crippen LogP contribution is 2.31. The number of thiophene rings is 1. The van der Waals surface area contributed by atoms with Crippen molar-refractivity contribution >= 4 is 17.0 Å². The Labute approximate surface area is 113 Å². The van der Waals surface area contributed by atoms with E-state index in [1.807, 2.05) is 11.3 Å². The number of benzene rings is 1. The van der Waals surface area contributed by atoms with E-state index in [4.69, 9.17) is 5.73 Å². The van der Waals surface area contributed by atoms with Gasteiger partial charge in [0.15, 0.2) is 0 Å². The number of anilines is 1. The molecule has 0 spiro atoms. The van der Waals surface area contributed by atoms with E-state index in [9.17, 15) is 0 Å². The van der Waals surface area contributed by atoms with E-state index in [2.05, 4.69) is 62.2 Å². The minimum atomic E-state index is 0.254. The zero-order chi connectivity index (χ0) is 13.1. The summed E-state index contributed by atoms with van der Waals surface area (Å²) in [5.41, 5.74) is 8.50. The molecule has 0 saturated carbocycles. The van der Waals surface area contributed by atoms with E-state index in [1.165, 1.54) is 21.0 Å². The first-order chi connectivity index (χ1) is 8.63. The average Bonchev–Trinajstić information content (AvgIpc) is 2.77. The van der Waals surface area contributed by atoms with Crippen molar-refractivity contribution in [2.75, 3.05) is 18.5 Å². The van der Waals surface area contributed by atoms with Gasteiger partial charge in [-0.1, -0.05) is 18.2 Å². The van der Waals surface area contributed by atoms with E-state index in [0.29, 0.717) is 6.54 Å². The van der Waals surface area contributed by atoms with Crippen LogP contribution >= 0.6 is 11.3 Å². The molecule has 0 aliphatic rings. The van der Waals surface area contributed by atoms with Crippen LogP contribution in [0.15, 0.2) is 36.4 Å². The molecule has 0 aliphatic heterocycles. The summed E-state index contributed by atoms with van der Waals surface area (Å²) < 4.78 is 0. The summed E-state index contributed by atoms with van der Waals surface area (Å²) in [7, 11) is 2.12. The van der Waals surface area contributed by atoms with Crippen molar-refractivity contribution in [2.24, 2.45) is 5.73 Å². The van der Waals surface area contributed by atoms with Gasteiger partial charge in [0.1, 0.15) is 0 Å². The van der Waals surface area contributed by atoms with Crippen molar-refractivity contribution in [3.05, 3.63) is 51.7 Å². The molecule has 1 heterocycles. The largest absolute Gasteiger partial charge is 0.365 e. The lowest BCUT2D eigenvalue weighted by molar-refractivity contribution is 0.691. The Morgan fingerprint density at radius 3 is 2.44 bits per heavy atom. The third kappa shape index (κ3) is 2.57. The van der Waals surface area contributed by atoms with E-state index < -0.39 is 0 Å². The van der Waals surface area contributed by atoms with Crippen LogP contribution in [0.4, 0.5) is 5.69 Å². The van der Waals surface area contributed by atoms with Crippen LogP contribution in [-0.4, -0.2) is 13.6 Å². The van der Waals surface area contributed by atoms with Gasteiger partial charge in [-0.3, -0.25) is 0 Å². The van der Waals surface area contributed by atoms with E-state index in [-0.39, 0.29) is 6.04 Å². The second-order valence-electron chi connectivity index (χ2n) is 4.60. The smallest absolute Gasteiger partial charge is 0.0754 e. The van der Waals surface area contributed by atoms with E-state index >= 15 is 0 Å². The summed E-state index contributed by atoms with van der Waals surface area (Å²) in [6.45, 7) is 4.90. The van der Waals surface area contributed by atoms with Crippen molar-refractivity contribution in [2.45, 2.75) is 19.9 Å². The first-order valence-corrected chi connectivity index (χ1v) is 7.00. The highest BCUT2D eigenvalue weighted by molar-refractivity contribution is 7.12. The van der Waals surface area contributed by atoms with Crippen LogP contribution in [0.1, 0.15) is 21.4 Å². The number of para-hydroxylation sites is 1. The third-order valence-corrected chi connectivity index (χ3v) is 4.38. The molecular weight excluding hydrogens is 240 g/mol. The zero-order valence-electron chi connectivity index (χ0n) is 11.2. The second kappa shape index (κ2) is 5.55. The fraction of sp³-hybridized carbons (Fsp3) is 0.333. The summed E-state index contributed by atoms with van der Waals surface area (Å²) in [4.78, 5) is 4.95. The predicted octanol–water partition coefficient (Wildman–Crippen LogP) is 3.50. The van der Waals surface area contributed by atoms with Gasteiger partial charge in [-0.15, -0.1) is 11.3 Å². The van der Waals surface area contributed by atoms with Gasteiger partial charge in [0.25, 0.3) is 0 Å². The van der Waals surface area contributed by atoms with Crippen LogP contribution < -0.4 is 10.6 Å². The molecule has 0 bridgehead atoms. The molecule has 0 radical (unpaired) electrons. The maximum atomic E-state index is 5.97. The summed E-state index contributed by atoms with van der Waals surface area (Å²) in [5, 5.41) is 0. The zero-order valence-corrected chi connectivity index (χ0v) is 12.0. The Morgan fingerprint density at radius 1 is 1.17 bits per heavy atom. The van der Waals surface area contributed by atoms with Gasteiger partial charge in [0.05, 0.1) is 6.04 Å². The van der Waals surface area contributed by atoms with Crippen molar-refractivity contribution in [1.29, 1.82) is 0 Å². The Bertz CT molecular complexity index is 519. The van der Waals surface area contributed by atoms with E-state index in [0.717, 1.165) is 0 Å². The van der Waals surface area contributed by atoms with Crippen molar-refractivity contribution in [1.82, 2.24) is 0 Å². The molecule has 96 valence electrons. The first kappa shape index (κ1) is 13.1. The number of nitrogens with two attached hydrogens (primary N) is 1. The lowest BCUT2D eigenvalue weighted by Gasteiger charge is -2.29. The monoisotopic (exact) mass is 260 g/mol. The lowest BCUT2D eigenvalue weighted by atomic mass is 10.1. The fourth-order valence-electron chi connectivity index (χ4n) is 2.22. The Kier molecular flexibility index (Phi) is 4.04. The Balaban J connectivity index is 2.31. The standard InChI is InChI=1S/C15H20N2S/c1-11-6-4-5-7-13(11)17(3)14(10-16)15-9-8-12(2)18-15/h4-9,14H,10,16H2,1-3H3. The topological polar surface area (TPSA) is 29.3 Å². The highest BCUT2D eigenvalue weighted by atomic mass is 32.1. The minimum absolute atomic E-state index is 0.254. The molecule has 0 aliphatic carbocycles. The molecule has 1 atom stereocenters. The predicted molar refractivity (Wildman–Crippen MR) is 80.4 cm³/mol. The first-order valence-electron chi connectivity index (χ1n) is 6.18. The normalized spacial score (nSPS) is 12.4. The van der Waals surface area contributed by atoms with Gasteiger partial charge < -0.3 is 10.6 Å². The fourth-order valence-corrected chi connectivity index (χ4v) is 3.26. The molecule has 18 heavy (non-hydrogen) atoms. The van der Waals surface area contributed by atoms with Crippen LogP contribution in [0.3, 0.4) is 0 Å². The van der Waals surface area contributed by atoms with Crippen LogP contribution in [0.5, 0.6) is 0 Å². The number of hydrogen-bond donors (Lipinski definition) is 1. The molecule has 1 aromatic carbocycles. The van der Waals surface area contributed by atoms with Crippen LogP contribution in [0, 0.1) is 13.8 Å². The van der Waals surface area contributed by atoms with Crippen molar-refractivity contribution in [3.63, 3.8) is 0 Å². The quantitative estimate of drug-likeness (QED) is 0.911. The second-order valence-corrected chi connectivity index (χ2v) is 5.92. The maximum absolute atomic E-state index is 5.97. The van der Waals surface area contributed by atoms with Gasteiger partial charge >= 0.3 is 0 Å². The SMILES string of the molecule is Cc1ccc(C(CN)N(C)c2ccccc2C)s1. The van der Waals surface area contributed by atoms with Gasteiger partial charge in [0, 0.05) is 29.0 Å². The lowest BCUT2D eigenvalue weighted by Crippen LogP contribution is -2.30. The molecule has 2 rings (SSSR count). The molecule has 0 amide bonds. The van der Waals surface area contributed by atoms with Crippen molar-refractivity contribution < 1.29 is 0 Å². The van der Waals surface area contributed by atoms with Gasteiger partial charge in [0.2, 0.25) is 0 Å². The number of nitrogens with zero attached hydrogens (tertiary/aromatic N) is 1. The molecule has 1 aromatic heterocycles. The van der Waals surface area contributed by atoms with Gasteiger partial charge in [-0.05, 0) is 37.6 Å². The van der Waals surface area contributed by atoms with Crippen molar-refractivity contribution in [3.8, 4) is 0 Å². The molecule has 2 nitrogen and oxygen atoms in total. The van der Waals surface area contributed by atoms with E-state index in [1.54, 1.807) is 0 Å². The summed E-state index contributed by atoms with van der Waals surface area (Å²) in [6.07, 6.45) is 0. The Hall–Kier alpha value is -1.32. The summed E-state index contributed by atoms with van der Waals surface area (Å²) >= 11 is 1.83. The van der Waals surface area contributed by atoms with Crippen LogP contribution in [0.2, 0.25) is 0 Å². The Morgan fingerprint density at radius 2 is 1.89 bits per heavy atom. The van der Waals surface area contributed by atoms with Crippen LogP contribution in [0.25, 0.3) is 0 Å². The third-order valence-electron chi connectivity index (χ3n) is 3.28. The number of hydrogen-bond acceptors (Lipinski definition) is 3. The maximum Gasteiger partial charge on any atom is 0.0754 e. The van der Waals surface area contributed by atoms with Gasteiger partial charge in [-0.25, -0.2) is 0 Å². The summed E-state index contributed by atoms with van der Waals surface area (Å²) in [5.74, 6) is 0. The number of rotatable bonds is 4. The molecule has 2 N–H and O–H groups in total. The molecule has 0 fully saturated rings. The van der Waals surface area contributed by atoms with Gasteiger partial charge in [-0.2, -0.15) is 0 Å². The van der Waals surface area contributed by atoms with Crippen LogP contribution in [-0.2, 0) is 0 Å². The average molecular weight is 260 g/mol. The molecular formula is C15H20N2S. The molecule has 0 saturated heterocycles. The highest BCUT2D eigenvalue weighted by Gasteiger charge is 2.18. The number of likely N-dealkylation sites (N-methyl/N-ethyl adjacent to an activating group) is 1. The minimum Gasteiger partial charge on any atom is -0.365 e. The molecule has 1 unspecified atom stereocenters. The summed E-state index contributed by atoms with van der Waals surface area (Å²) in [6, 6.07) is 13.0. The molecule has 2 aromatic rings.